The highest BCUT2D eigenvalue weighted by Crippen LogP contribution is 2.37. The van der Waals surface area contributed by atoms with Crippen molar-refractivity contribution in [3.63, 3.8) is 0 Å². The number of nitrogens with one attached hydrogen (secondary N) is 1. The number of phenolic OH excluding ortho intramolecular Hbond substituents is 1. The number of hydrogen-bond donors (Lipinski definition) is 2. The third-order valence-electron chi connectivity index (χ3n) is 3.36. The Morgan fingerprint density at radius 2 is 2.14 bits per heavy atom. The van der Waals surface area contributed by atoms with Crippen molar-refractivity contribution in [1.29, 1.82) is 0 Å². The molecule has 1 aliphatic rings. The molecule has 21 heavy (non-hydrogen) atoms. The Bertz CT molecular complexity index is 648. The third kappa shape index (κ3) is 2.71. The highest BCUT2D eigenvalue weighted by Gasteiger charge is 2.34. The van der Waals surface area contributed by atoms with Gasteiger partial charge in [-0.1, -0.05) is 5.16 Å². The van der Waals surface area contributed by atoms with E-state index in [-0.39, 0.29) is 17.4 Å². The van der Waals surface area contributed by atoms with Crippen LogP contribution < -0.4 is 5.32 Å². The van der Waals surface area contributed by atoms with Crippen LogP contribution in [-0.2, 0) is 6.18 Å². The fraction of sp³-hybridized carbons (Fsp3) is 0.385. The average molecular weight is 299 g/mol. The molecule has 0 radical (unpaired) electrons. The summed E-state index contributed by atoms with van der Waals surface area (Å²) in [6, 6.07) is 3.06. The van der Waals surface area contributed by atoms with Gasteiger partial charge in [0.25, 0.3) is 0 Å². The maximum absolute atomic E-state index is 12.8. The zero-order chi connectivity index (χ0) is 15.0. The molecule has 112 valence electrons. The predicted molar refractivity (Wildman–Crippen MR) is 66.4 cm³/mol. The van der Waals surface area contributed by atoms with Crippen LogP contribution in [-0.4, -0.2) is 21.8 Å². The van der Waals surface area contributed by atoms with E-state index in [0.717, 1.165) is 31.5 Å². The quantitative estimate of drug-likeness (QED) is 0.892. The standard InChI is InChI=1S/C13H12F3N3O2/c14-13(15,16)8-6-7(3-4-10(8)20)11-18-12(21-19-11)9-2-1-5-17-9/h3-4,6,9,17,20H,1-2,5H2. The Labute approximate surface area is 117 Å². The molecule has 1 aromatic heterocycles. The number of alkyl halides is 3. The second kappa shape index (κ2) is 5.03. The normalized spacial score (nSPS) is 19.1. The Morgan fingerprint density at radius 1 is 1.33 bits per heavy atom. The first-order chi connectivity index (χ1) is 9.95. The lowest BCUT2D eigenvalue weighted by molar-refractivity contribution is -0.138. The van der Waals surface area contributed by atoms with Crippen LogP contribution in [0.15, 0.2) is 22.7 Å². The molecule has 1 atom stereocenters. The molecule has 0 aliphatic carbocycles. The molecule has 0 bridgehead atoms. The number of nitrogens with zero attached hydrogens (tertiary/aromatic N) is 2. The van der Waals surface area contributed by atoms with Crippen LogP contribution >= 0.6 is 0 Å². The van der Waals surface area contributed by atoms with Crippen molar-refractivity contribution in [3.8, 4) is 17.1 Å². The maximum atomic E-state index is 12.8. The number of aromatic hydroxyl groups is 1. The van der Waals surface area contributed by atoms with Crippen molar-refractivity contribution in [2.45, 2.75) is 25.1 Å². The van der Waals surface area contributed by atoms with Crippen molar-refractivity contribution >= 4 is 0 Å². The van der Waals surface area contributed by atoms with Crippen LogP contribution in [0, 0.1) is 0 Å². The minimum atomic E-state index is -4.64. The van der Waals surface area contributed by atoms with Crippen LogP contribution in [0.5, 0.6) is 5.75 Å². The summed E-state index contributed by atoms with van der Waals surface area (Å²) in [6.07, 6.45) is -2.80. The van der Waals surface area contributed by atoms with Gasteiger partial charge in [-0.25, -0.2) is 0 Å². The number of hydrogen-bond acceptors (Lipinski definition) is 5. The summed E-state index contributed by atoms with van der Waals surface area (Å²) in [5.41, 5.74) is -0.974. The highest BCUT2D eigenvalue weighted by molar-refractivity contribution is 5.58. The van der Waals surface area contributed by atoms with Gasteiger partial charge in [-0.2, -0.15) is 18.2 Å². The van der Waals surface area contributed by atoms with E-state index in [9.17, 15) is 18.3 Å². The fourth-order valence-corrected chi connectivity index (χ4v) is 2.29. The summed E-state index contributed by atoms with van der Waals surface area (Å²) in [6.45, 7) is 0.847. The van der Waals surface area contributed by atoms with Crippen molar-refractivity contribution < 1.29 is 22.8 Å². The van der Waals surface area contributed by atoms with Gasteiger partial charge in [0.1, 0.15) is 5.75 Å². The van der Waals surface area contributed by atoms with Crippen LogP contribution in [0.2, 0.25) is 0 Å². The first-order valence-electron chi connectivity index (χ1n) is 6.43. The van der Waals surface area contributed by atoms with Gasteiger partial charge in [0.05, 0.1) is 11.6 Å². The largest absolute Gasteiger partial charge is 0.507 e. The third-order valence-corrected chi connectivity index (χ3v) is 3.36. The second-order valence-electron chi connectivity index (χ2n) is 4.83. The summed E-state index contributed by atoms with van der Waals surface area (Å²) in [7, 11) is 0. The molecule has 2 heterocycles. The van der Waals surface area contributed by atoms with Gasteiger partial charge in [0.2, 0.25) is 11.7 Å². The average Bonchev–Trinajstić information content (AvgIpc) is 3.09. The minimum Gasteiger partial charge on any atom is -0.507 e. The fourth-order valence-electron chi connectivity index (χ4n) is 2.29. The van der Waals surface area contributed by atoms with E-state index in [4.69, 9.17) is 4.52 Å². The van der Waals surface area contributed by atoms with E-state index < -0.39 is 17.5 Å². The number of benzene rings is 1. The molecule has 1 saturated heterocycles. The lowest BCUT2D eigenvalue weighted by atomic mass is 10.1. The predicted octanol–water partition coefficient (Wildman–Crippen LogP) is 2.89. The van der Waals surface area contributed by atoms with E-state index in [1.54, 1.807) is 0 Å². The number of halogens is 3. The molecular formula is C13H12F3N3O2. The summed E-state index contributed by atoms with van der Waals surface area (Å²) in [5, 5.41) is 16.2. The molecule has 0 amide bonds. The molecule has 1 aromatic carbocycles. The SMILES string of the molecule is Oc1ccc(-c2noc(C3CCCN3)n2)cc1C(F)(F)F. The number of phenols is 1. The molecule has 0 saturated carbocycles. The smallest absolute Gasteiger partial charge is 0.419 e. The molecule has 8 heteroatoms. The summed E-state index contributed by atoms with van der Waals surface area (Å²) in [4.78, 5) is 4.13. The highest BCUT2D eigenvalue weighted by atomic mass is 19.4. The maximum Gasteiger partial charge on any atom is 0.419 e. The number of rotatable bonds is 2. The second-order valence-corrected chi connectivity index (χ2v) is 4.83. The van der Waals surface area contributed by atoms with Gasteiger partial charge < -0.3 is 14.9 Å². The van der Waals surface area contributed by atoms with E-state index in [1.165, 1.54) is 6.07 Å². The van der Waals surface area contributed by atoms with Gasteiger partial charge in [-0.15, -0.1) is 0 Å². The van der Waals surface area contributed by atoms with Crippen molar-refractivity contribution in [1.82, 2.24) is 15.5 Å². The van der Waals surface area contributed by atoms with E-state index in [2.05, 4.69) is 15.5 Å². The monoisotopic (exact) mass is 299 g/mol. The van der Waals surface area contributed by atoms with Gasteiger partial charge in [0, 0.05) is 5.56 Å². The summed E-state index contributed by atoms with van der Waals surface area (Å²) in [5.74, 6) is -0.388. The zero-order valence-corrected chi connectivity index (χ0v) is 10.8. The Morgan fingerprint density at radius 3 is 2.81 bits per heavy atom. The first kappa shape index (κ1) is 13.9. The van der Waals surface area contributed by atoms with Crippen molar-refractivity contribution in [2.24, 2.45) is 0 Å². The topological polar surface area (TPSA) is 71.2 Å². The number of aromatic nitrogens is 2. The lowest BCUT2D eigenvalue weighted by Gasteiger charge is -2.09. The molecule has 0 spiro atoms. The van der Waals surface area contributed by atoms with Gasteiger partial charge in [0.15, 0.2) is 0 Å². The molecule has 2 N–H and O–H groups in total. The zero-order valence-electron chi connectivity index (χ0n) is 10.8. The Balaban J connectivity index is 1.93. The molecule has 1 unspecified atom stereocenters. The lowest BCUT2D eigenvalue weighted by Crippen LogP contribution is -2.13. The van der Waals surface area contributed by atoms with Crippen molar-refractivity contribution in [3.05, 3.63) is 29.7 Å². The molecule has 1 fully saturated rings. The summed E-state index contributed by atoms with van der Waals surface area (Å²) < 4.78 is 43.4. The van der Waals surface area contributed by atoms with Gasteiger partial charge in [-0.3, -0.25) is 0 Å². The van der Waals surface area contributed by atoms with Crippen LogP contribution in [0.4, 0.5) is 13.2 Å². The van der Waals surface area contributed by atoms with Crippen LogP contribution in [0.25, 0.3) is 11.4 Å². The first-order valence-corrected chi connectivity index (χ1v) is 6.43. The molecule has 3 rings (SSSR count). The molecule has 1 aliphatic heterocycles. The Kier molecular flexibility index (Phi) is 3.32. The van der Waals surface area contributed by atoms with Gasteiger partial charge in [-0.05, 0) is 37.6 Å². The Hall–Kier alpha value is -2.09. The van der Waals surface area contributed by atoms with Crippen LogP contribution in [0.1, 0.15) is 30.3 Å². The van der Waals surface area contributed by atoms with Gasteiger partial charge >= 0.3 is 6.18 Å². The van der Waals surface area contributed by atoms with Crippen LogP contribution in [0.3, 0.4) is 0 Å². The summed E-state index contributed by atoms with van der Waals surface area (Å²) >= 11 is 0. The van der Waals surface area contributed by atoms with Crippen molar-refractivity contribution in [2.75, 3.05) is 6.54 Å². The molecule has 5 nitrogen and oxygen atoms in total. The minimum absolute atomic E-state index is 0.0505. The van der Waals surface area contributed by atoms with E-state index in [1.807, 2.05) is 0 Å². The van der Waals surface area contributed by atoms with E-state index >= 15 is 0 Å². The molecular weight excluding hydrogens is 287 g/mol. The van der Waals surface area contributed by atoms with E-state index in [0.29, 0.717) is 5.89 Å². The molecule has 2 aromatic rings.